The summed E-state index contributed by atoms with van der Waals surface area (Å²) in [5, 5.41) is 12.8. The first kappa shape index (κ1) is 32.4. The summed E-state index contributed by atoms with van der Waals surface area (Å²) < 4.78 is 45.0. The summed E-state index contributed by atoms with van der Waals surface area (Å²) in [6, 6.07) is 16.1. The lowest BCUT2D eigenvalue weighted by molar-refractivity contribution is -0.192. The van der Waals surface area contributed by atoms with Gasteiger partial charge in [0.1, 0.15) is 5.01 Å². The number of aliphatic carboxylic acids is 1. The Balaban J connectivity index is 0.000000515. The predicted octanol–water partition coefficient (Wildman–Crippen LogP) is 7.25. The molecule has 13 heteroatoms. The molecule has 1 N–H and O–H groups in total. The van der Waals surface area contributed by atoms with Crippen molar-refractivity contribution in [1.82, 2.24) is 14.6 Å². The number of anilines is 1. The molecule has 0 spiro atoms. The molecule has 2 fully saturated rings. The predicted molar refractivity (Wildman–Crippen MR) is 165 cm³/mol. The average Bonchev–Trinajstić information content (AvgIpc) is 3.62. The Bertz CT molecular complexity index is 1540. The molecule has 4 aromatic rings. The van der Waals surface area contributed by atoms with Gasteiger partial charge in [-0.1, -0.05) is 42.7 Å². The van der Waals surface area contributed by atoms with E-state index < -0.39 is 12.1 Å². The van der Waals surface area contributed by atoms with Crippen molar-refractivity contribution in [2.24, 2.45) is 0 Å². The summed E-state index contributed by atoms with van der Waals surface area (Å²) >= 11 is 1.58. The van der Waals surface area contributed by atoms with E-state index in [4.69, 9.17) is 29.5 Å². The molecule has 1 aliphatic heterocycles. The van der Waals surface area contributed by atoms with Crippen LogP contribution in [-0.2, 0) is 14.3 Å². The van der Waals surface area contributed by atoms with E-state index in [0.717, 1.165) is 52.7 Å². The second kappa shape index (κ2) is 14.4. The van der Waals surface area contributed by atoms with Crippen LogP contribution in [0.2, 0.25) is 0 Å². The number of hydrogen-bond acceptors (Lipinski definition) is 8. The van der Waals surface area contributed by atoms with Crippen molar-refractivity contribution in [2.45, 2.75) is 70.3 Å². The lowest BCUT2D eigenvalue weighted by Gasteiger charge is -2.36. The third kappa shape index (κ3) is 8.40. The Kier molecular flexibility index (Phi) is 10.4. The maximum Gasteiger partial charge on any atom is 0.490 e. The number of halogens is 3. The SMILES string of the molecule is CCOC(=O)c1ccc(-c2cn3nc(-c4ccc(N5CCC(OC6CCCCC6)CC5)cc4)sc3n2)cc1.O=C(O)C(F)(F)F. The Morgan fingerprint density at radius 3 is 2.11 bits per heavy atom. The zero-order valence-electron chi connectivity index (χ0n) is 24.8. The van der Waals surface area contributed by atoms with Gasteiger partial charge in [0, 0.05) is 29.9 Å². The van der Waals surface area contributed by atoms with Crippen LogP contribution in [0.4, 0.5) is 18.9 Å². The van der Waals surface area contributed by atoms with Gasteiger partial charge in [0.25, 0.3) is 0 Å². The number of fused-ring (bicyclic) bond motifs is 1. The summed E-state index contributed by atoms with van der Waals surface area (Å²) in [5.74, 6) is -3.07. The number of esters is 1. The van der Waals surface area contributed by atoms with E-state index in [0.29, 0.717) is 24.4 Å². The number of alkyl halides is 3. The molecule has 1 saturated heterocycles. The van der Waals surface area contributed by atoms with Gasteiger partial charge in [0.15, 0.2) is 0 Å². The normalized spacial score (nSPS) is 16.3. The van der Waals surface area contributed by atoms with Crippen molar-refractivity contribution in [3.8, 4) is 21.8 Å². The number of ether oxygens (including phenoxy) is 2. The van der Waals surface area contributed by atoms with Crippen molar-refractivity contribution in [3.05, 3.63) is 60.3 Å². The molecule has 2 aromatic carbocycles. The molecule has 0 amide bonds. The van der Waals surface area contributed by atoms with Crippen molar-refractivity contribution in [3.63, 3.8) is 0 Å². The second-order valence-electron chi connectivity index (χ2n) is 11.0. The highest BCUT2D eigenvalue weighted by Crippen LogP contribution is 2.31. The standard InChI is InChI=1S/C30H34N4O3S.C2HF3O2/c1-2-36-29(35)23-10-8-21(9-11-23)27-20-34-30(31-27)38-28(32-34)22-12-14-24(15-13-22)33-18-16-26(17-19-33)37-25-6-4-3-5-7-25;3-2(4,5)1(6)7/h8-15,20,25-26H,2-7,16-19H2,1H3;(H,6,7). The Labute approximate surface area is 262 Å². The molecular weight excluding hydrogens is 609 g/mol. The highest BCUT2D eigenvalue weighted by molar-refractivity contribution is 7.19. The molecule has 0 bridgehead atoms. The molecule has 9 nitrogen and oxygen atoms in total. The summed E-state index contributed by atoms with van der Waals surface area (Å²) in [4.78, 5) is 28.9. The number of benzene rings is 2. The smallest absolute Gasteiger partial charge is 0.475 e. The number of carbonyl (C=O) groups excluding carboxylic acids is 1. The van der Waals surface area contributed by atoms with Crippen LogP contribution < -0.4 is 4.90 Å². The van der Waals surface area contributed by atoms with E-state index in [2.05, 4.69) is 29.2 Å². The maximum atomic E-state index is 11.9. The van der Waals surface area contributed by atoms with Gasteiger partial charge < -0.3 is 19.5 Å². The largest absolute Gasteiger partial charge is 0.490 e. The molecule has 2 aliphatic rings. The van der Waals surface area contributed by atoms with Gasteiger partial charge in [-0.05, 0) is 69.0 Å². The molecular formula is C32H35F3N4O5S. The van der Waals surface area contributed by atoms with Crippen molar-refractivity contribution < 1.29 is 37.3 Å². The van der Waals surface area contributed by atoms with Gasteiger partial charge >= 0.3 is 18.1 Å². The molecule has 0 radical (unpaired) electrons. The quantitative estimate of drug-likeness (QED) is 0.210. The second-order valence-corrected chi connectivity index (χ2v) is 11.9. The Hall–Kier alpha value is -3.97. The topological polar surface area (TPSA) is 106 Å². The van der Waals surface area contributed by atoms with Gasteiger partial charge in [-0.3, -0.25) is 0 Å². The van der Waals surface area contributed by atoms with Gasteiger partial charge in [-0.2, -0.15) is 18.3 Å². The minimum Gasteiger partial charge on any atom is -0.475 e. The number of aromatic nitrogens is 3. The van der Waals surface area contributed by atoms with E-state index >= 15 is 0 Å². The number of nitrogens with zero attached hydrogens (tertiary/aromatic N) is 4. The zero-order chi connectivity index (χ0) is 32.0. The fourth-order valence-electron chi connectivity index (χ4n) is 5.49. The Morgan fingerprint density at radius 1 is 0.933 bits per heavy atom. The molecule has 240 valence electrons. The van der Waals surface area contributed by atoms with Crippen molar-refractivity contribution >= 4 is 33.9 Å². The summed E-state index contributed by atoms with van der Waals surface area (Å²) in [6.07, 6.45) is 6.49. The first-order chi connectivity index (χ1) is 21.6. The van der Waals surface area contributed by atoms with Gasteiger partial charge in [-0.25, -0.2) is 19.1 Å². The van der Waals surface area contributed by atoms with Crippen LogP contribution in [0.15, 0.2) is 54.7 Å². The van der Waals surface area contributed by atoms with E-state index in [9.17, 15) is 18.0 Å². The van der Waals surface area contributed by atoms with Crippen molar-refractivity contribution in [1.29, 1.82) is 0 Å². The van der Waals surface area contributed by atoms with Crippen LogP contribution in [0.25, 0.3) is 26.8 Å². The third-order valence-corrected chi connectivity index (χ3v) is 8.81. The van der Waals surface area contributed by atoms with Crippen LogP contribution in [-0.4, -0.2) is 69.7 Å². The number of hydrogen-bond donors (Lipinski definition) is 1. The van der Waals surface area contributed by atoms with E-state index in [1.54, 1.807) is 30.4 Å². The zero-order valence-corrected chi connectivity index (χ0v) is 25.6. The first-order valence-corrected chi connectivity index (χ1v) is 15.9. The molecule has 6 rings (SSSR count). The van der Waals surface area contributed by atoms with E-state index in [1.807, 2.05) is 22.8 Å². The lowest BCUT2D eigenvalue weighted by atomic mass is 9.97. The fourth-order valence-corrected chi connectivity index (χ4v) is 6.37. The minimum atomic E-state index is -5.08. The Morgan fingerprint density at radius 2 is 1.53 bits per heavy atom. The molecule has 2 aromatic heterocycles. The van der Waals surface area contributed by atoms with Crippen LogP contribution in [0.1, 0.15) is 62.2 Å². The lowest BCUT2D eigenvalue weighted by Crippen LogP contribution is -2.38. The van der Waals surface area contributed by atoms with Crippen LogP contribution >= 0.6 is 11.3 Å². The summed E-state index contributed by atoms with van der Waals surface area (Å²) in [5.41, 5.74) is 4.67. The summed E-state index contributed by atoms with van der Waals surface area (Å²) in [6.45, 7) is 4.26. The molecule has 1 saturated carbocycles. The highest BCUT2D eigenvalue weighted by atomic mass is 32.1. The molecule has 3 heterocycles. The minimum absolute atomic E-state index is 0.310. The highest BCUT2D eigenvalue weighted by Gasteiger charge is 2.38. The van der Waals surface area contributed by atoms with Gasteiger partial charge in [0.05, 0.1) is 36.3 Å². The maximum absolute atomic E-state index is 11.9. The van der Waals surface area contributed by atoms with Crippen LogP contribution in [0.5, 0.6) is 0 Å². The van der Waals surface area contributed by atoms with E-state index in [-0.39, 0.29) is 5.97 Å². The fraction of sp³-hybridized carbons (Fsp3) is 0.438. The molecule has 0 atom stereocenters. The molecule has 1 aliphatic carbocycles. The number of carboxylic acids is 1. The van der Waals surface area contributed by atoms with Crippen LogP contribution in [0.3, 0.4) is 0 Å². The summed E-state index contributed by atoms with van der Waals surface area (Å²) in [7, 11) is 0. The number of carbonyl (C=O) groups is 2. The third-order valence-electron chi connectivity index (χ3n) is 7.84. The molecule has 45 heavy (non-hydrogen) atoms. The molecule has 0 unspecified atom stereocenters. The number of carboxylic acid groups (broad SMARTS) is 1. The number of piperidine rings is 1. The van der Waals surface area contributed by atoms with E-state index in [1.165, 1.54) is 37.8 Å². The van der Waals surface area contributed by atoms with Crippen molar-refractivity contribution in [2.75, 3.05) is 24.6 Å². The van der Waals surface area contributed by atoms with Gasteiger partial charge in [-0.15, -0.1) is 0 Å². The number of rotatable bonds is 7. The van der Waals surface area contributed by atoms with Gasteiger partial charge in [0.2, 0.25) is 4.96 Å². The number of imidazole rings is 1. The van der Waals surface area contributed by atoms with Crippen LogP contribution in [0, 0.1) is 0 Å². The first-order valence-electron chi connectivity index (χ1n) is 15.1. The average molecular weight is 645 g/mol. The monoisotopic (exact) mass is 644 g/mol.